The monoisotopic (exact) mass is 183 g/mol. The fourth-order valence-corrected chi connectivity index (χ4v) is 2.57. The number of rotatable bonds is 4. The Morgan fingerprint density at radius 1 is 1.15 bits per heavy atom. The molecular weight excluding hydrogens is 158 g/mol. The summed E-state index contributed by atoms with van der Waals surface area (Å²) in [5.74, 6) is 1.94. The molecule has 2 atom stereocenters. The Labute approximate surface area is 83.3 Å². The molecule has 2 unspecified atom stereocenters. The van der Waals surface area contributed by atoms with Gasteiger partial charge in [-0.1, -0.05) is 39.0 Å². The van der Waals surface area contributed by atoms with Gasteiger partial charge < -0.3 is 5.32 Å². The summed E-state index contributed by atoms with van der Waals surface area (Å²) in [6.07, 6.45) is 8.74. The SMILES string of the molecule is CNC(C)CC(C)C1CCCCC1. The van der Waals surface area contributed by atoms with Crippen LogP contribution in [0, 0.1) is 11.8 Å². The van der Waals surface area contributed by atoms with Gasteiger partial charge in [-0.25, -0.2) is 0 Å². The topological polar surface area (TPSA) is 12.0 Å². The van der Waals surface area contributed by atoms with Crippen molar-refractivity contribution in [2.45, 2.75) is 58.4 Å². The Morgan fingerprint density at radius 3 is 2.31 bits per heavy atom. The van der Waals surface area contributed by atoms with Crippen LogP contribution in [-0.4, -0.2) is 13.1 Å². The van der Waals surface area contributed by atoms with Gasteiger partial charge in [-0.05, 0) is 32.2 Å². The van der Waals surface area contributed by atoms with Crippen LogP contribution in [0.5, 0.6) is 0 Å². The fourth-order valence-electron chi connectivity index (χ4n) is 2.57. The molecule has 1 fully saturated rings. The van der Waals surface area contributed by atoms with Gasteiger partial charge in [0.1, 0.15) is 0 Å². The lowest BCUT2D eigenvalue weighted by Crippen LogP contribution is -2.27. The molecule has 1 rings (SSSR count). The highest BCUT2D eigenvalue weighted by Crippen LogP contribution is 2.31. The minimum atomic E-state index is 0.692. The fraction of sp³-hybridized carbons (Fsp3) is 1.00. The first-order valence-electron chi connectivity index (χ1n) is 5.91. The van der Waals surface area contributed by atoms with Crippen LogP contribution < -0.4 is 5.32 Å². The Balaban J connectivity index is 2.24. The molecule has 0 heterocycles. The quantitative estimate of drug-likeness (QED) is 0.706. The van der Waals surface area contributed by atoms with Crippen molar-refractivity contribution in [1.29, 1.82) is 0 Å². The normalized spacial score (nSPS) is 24.2. The van der Waals surface area contributed by atoms with Gasteiger partial charge in [-0.15, -0.1) is 0 Å². The number of hydrogen-bond acceptors (Lipinski definition) is 1. The lowest BCUT2D eigenvalue weighted by atomic mass is 9.78. The molecule has 1 aliphatic carbocycles. The van der Waals surface area contributed by atoms with Gasteiger partial charge in [-0.2, -0.15) is 0 Å². The molecule has 78 valence electrons. The van der Waals surface area contributed by atoms with Gasteiger partial charge >= 0.3 is 0 Å². The second-order valence-electron chi connectivity index (χ2n) is 4.80. The summed E-state index contributed by atoms with van der Waals surface area (Å²) in [4.78, 5) is 0. The summed E-state index contributed by atoms with van der Waals surface area (Å²) in [5, 5.41) is 3.33. The van der Waals surface area contributed by atoms with Crippen molar-refractivity contribution in [3.05, 3.63) is 0 Å². The van der Waals surface area contributed by atoms with Gasteiger partial charge in [-0.3, -0.25) is 0 Å². The first kappa shape index (κ1) is 11.0. The van der Waals surface area contributed by atoms with E-state index in [4.69, 9.17) is 0 Å². The van der Waals surface area contributed by atoms with E-state index in [-0.39, 0.29) is 0 Å². The molecule has 0 bridgehead atoms. The standard InChI is InChI=1S/C12H25N/c1-10(9-11(2)13-3)12-7-5-4-6-8-12/h10-13H,4-9H2,1-3H3. The largest absolute Gasteiger partial charge is 0.317 e. The van der Waals surface area contributed by atoms with Crippen molar-refractivity contribution >= 4 is 0 Å². The Morgan fingerprint density at radius 2 is 1.77 bits per heavy atom. The Bertz CT molecular complexity index is 127. The van der Waals surface area contributed by atoms with Crippen molar-refractivity contribution in [1.82, 2.24) is 5.32 Å². The smallest absolute Gasteiger partial charge is 0.00383 e. The minimum absolute atomic E-state index is 0.692. The summed E-state index contributed by atoms with van der Waals surface area (Å²) < 4.78 is 0. The second kappa shape index (κ2) is 5.64. The van der Waals surface area contributed by atoms with E-state index in [1.165, 1.54) is 38.5 Å². The van der Waals surface area contributed by atoms with Crippen molar-refractivity contribution in [2.75, 3.05) is 7.05 Å². The first-order chi connectivity index (χ1) is 6.24. The predicted molar refractivity (Wildman–Crippen MR) is 58.9 cm³/mol. The molecule has 0 aliphatic heterocycles. The third-order valence-electron chi connectivity index (χ3n) is 3.67. The van der Waals surface area contributed by atoms with E-state index in [1.54, 1.807) is 0 Å². The van der Waals surface area contributed by atoms with Crippen molar-refractivity contribution < 1.29 is 0 Å². The van der Waals surface area contributed by atoms with Gasteiger partial charge in [0.05, 0.1) is 0 Å². The molecule has 0 aromatic heterocycles. The molecule has 1 aliphatic rings. The average molecular weight is 183 g/mol. The lowest BCUT2D eigenvalue weighted by Gasteiger charge is -2.29. The van der Waals surface area contributed by atoms with Gasteiger partial charge in [0.15, 0.2) is 0 Å². The predicted octanol–water partition coefficient (Wildman–Crippen LogP) is 3.20. The Hall–Kier alpha value is -0.0400. The molecule has 0 amide bonds. The molecular formula is C12H25N. The van der Waals surface area contributed by atoms with E-state index < -0.39 is 0 Å². The first-order valence-corrected chi connectivity index (χ1v) is 5.91. The van der Waals surface area contributed by atoms with Crippen LogP contribution >= 0.6 is 0 Å². The molecule has 0 saturated heterocycles. The summed E-state index contributed by atoms with van der Waals surface area (Å²) in [7, 11) is 2.07. The van der Waals surface area contributed by atoms with Crippen molar-refractivity contribution in [3.63, 3.8) is 0 Å². The molecule has 0 aromatic rings. The van der Waals surface area contributed by atoms with Crippen LogP contribution in [0.25, 0.3) is 0 Å². The maximum Gasteiger partial charge on any atom is 0.00383 e. The average Bonchev–Trinajstić information content (AvgIpc) is 2.19. The van der Waals surface area contributed by atoms with E-state index in [0.717, 1.165) is 11.8 Å². The molecule has 13 heavy (non-hydrogen) atoms. The van der Waals surface area contributed by atoms with Gasteiger partial charge in [0.25, 0.3) is 0 Å². The van der Waals surface area contributed by atoms with Crippen LogP contribution in [0.4, 0.5) is 0 Å². The zero-order chi connectivity index (χ0) is 9.68. The highest BCUT2D eigenvalue weighted by atomic mass is 14.8. The molecule has 0 spiro atoms. The Kier molecular flexibility index (Phi) is 4.79. The van der Waals surface area contributed by atoms with Gasteiger partial charge in [0, 0.05) is 6.04 Å². The maximum absolute atomic E-state index is 3.33. The zero-order valence-corrected chi connectivity index (χ0v) is 9.47. The van der Waals surface area contributed by atoms with E-state index in [9.17, 15) is 0 Å². The molecule has 1 N–H and O–H groups in total. The highest BCUT2D eigenvalue weighted by molar-refractivity contribution is 4.74. The van der Waals surface area contributed by atoms with E-state index >= 15 is 0 Å². The molecule has 1 saturated carbocycles. The second-order valence-corrected chi connectivity index (χ2v) is 4.80. The van der Waals surface area contributed by atoms with Crippen LogP contribution in [0.15, 0.2) is 0 Å². The highest BCUT2D eigenvalue weighted by Gasteiger charge is 2.20. The molecule has 1 heteroatoms. The van der Waals surface area contributed by atoms with E-state index in [1.807, 2.05) is 0 Å². The summed E-state index contributed by atoms with van der Waals surface area (Å²) >= 11 is 0. The third kappa shape index (κ3) is 3.68. The number of hydrogen-bond donors (Lipinski definition) is 1. The van der Waals surface area contributed by atoms with E-state index in [2.05, 4.69) is 26.2 Å². The van der Waals surface area contributed by atoms with Crippen LogP contribution in [0.2, 0.25) is 0 Å². The van der Waals surface area contributed by atoms with Crippen molar-refractivity contribution in [3.8, 4) is 0 Å². The minimum Gasteiger partial charge on any atom is -0.317 e. The lowest BCUT2D eigenvalue weighted by molar-refractivity contribution is 0.238. The summed E-state index contributed by atoms with van der Waals surface area (Å²) in [6, 6.07) is 0.692. The molecule has 1 nitrogen and oxygen atoms in total. The summed E-state index contributed by atoms with van der Waals surface area (Å²) in [5.41, 5.74) is 0. The van der Waals surface area contributed by atoms with E-state index in [0.29, 0.717) is 6.04 Å². The van der Waals surface area contributed by atoms with Crippen LogP contribution in [0.1, 0.15) is 52.4 Å². The third-order valence-corrected chi connectivity index (χ3v) is 3.67. The maximum atomic E-state index is 3.33. The van der Waals surface area contributed by atoms with Crippen LogP contribution in [-0.2, 0) is 0 Å². The van der Waals surface area contributed by atoms with Crippen LogP contribution in [0.3, 0.4) is 0 Å². The summed E-state index contributed by atoms with van der Waals surface area (Å²) in [6.45, 7) is 4.73. The molecule has 0 aromatic carbocycles. The number of nitrogens with one attached hydrogen (secondary N) is 1. The van der Waals surface area contributed by atoms with Crippen molar-refractivity contribution in [2.24, 2.45) is 11.8 Å². The zero-order valence-electron chi connectivity index (χ0n) is 9.47. The molecule has 0 radical (unpaired) electrons. The van der Waals surface area contributed by atoms with Gasteiger partial charge in [0.2, 0.25) is 0 Å².